The van der Waals surface area contributed by atoms with Crippen molar-refractivity contribution in [1.82, 2.24) is 16.0 Å². The van der Waals surface area contributed by atoms with E-state index >= 15 is 0 Å². The van der Waals surface area contributed by atoms with Crippen molar-refractivity contribution in [3.63, 3.8) is 0 Å². The van der Waals surface area contributed by atoms with Crippen LogP contribution in [0.15, 0.2) is 59.6 Å². The molecule has 5 N–H and O–H groups in total. The van der Waals surface area contributed by atoms with Crippen LogP contribution in [0.2, 0.25) is 0 Å². The van der Waals surface area contributed by atoms with Crippen LogP contribution >= 0.6 is 24.0 Å². The Labute approximate surface area is 213 Å². The zero-order valence-corrected chi connectivity index (χ0v) is 21.4. The molecule has 8 heteroatoms. The standard InChI is InChI=1S/C25H33N5O2.HI/c1-2-27-24(30-18-25(14-6-7-15-25)21-8-4-3-5-9-21)29-16-19-10-12-20(13-11-19)23(32)28-17-22(26)31;/h3-5,8-13H,2,6-7,14-18H2,1H3,(H2,26,31)(H,28,32)(H2,27,29,30);1H. The van der Waals surface area contributed by atoms with Crippen LogP contribution in [0, 0.1) is 0 Å². The van der Waals surface area contributed by atoms with Crippen LogP contribution in [0.3, 0.4) is 0 Å². The minimum Gasteiger partial charge on any atom is -0.368 e. The highest BCUT2D eigenvalue weighted by atomic mass is 127. The van der Waals surface area contributed by atoms with Gasteiger partial charge in [-0.3, -0.25) is 9.59 Å². The van der Waals surface area contributed by atoms with Crippen molar-refractivity contribution in [3.8, 4) is 0 Å². The molecule has 1 saturated carbocycles. The molecule has 0 bridgehead atoms. The Hall–Kier alpha value is -2.62. The van der Waals surface area contributed by atoms with E-state index in [-0.39, 0.29) is 41.8 Å². The highest BCUT2D eigenvalue weighted by Gasteiger charge is 2.35. The van der Waals surface area contributed by atoms with E-state index in [0.717, 1.165) is 24.6 Å². The van der Waals surface area contributed by atoms with E-state index < -0.39 is 5.91 Å². The summed E-state index contributed by atoms with van der Waals surface area (Å²) in [4.78, 5) is 27.5. The maximum Gasteiger partial charge on any atom is 0.251 e. The molecule has 1 fully saturated rings. The third-order valence-corrected chi connectivity index (χ3v) is 5.94. The molecule has 0 saturated heterocycles. The van der Waals surface area contributed by atoms with Crippen molar-refractivity contribution in [1.29, 1.82) is 0 Å². The molecule has 1 aliphatic rings. The van der Waals surface area contributed by atoms with Crippen LogP contribution in [0.25, 0.3) is 0 Å². The maximum absolute atomic E-state index is 12.0. The maximum atomic E-state index is 12.0. The fourth-order valence-corrected chi connectivity index (χ4v) is 4.21. The van der Waals surface area contributed by atoms with E-state index in [0.29, 0.717) is 12.1 Å². The molecule has 0 radical (unpaired) electrons. The average Bonchev–Trinajstić information content (AvgIpc) is 3.30. The lowest BCUT2D eigenvalue weighted by atomic mass is 9.79. The predicted molar refractivity (Wildman–Crippen MR) is 143 cm³/mol. The number of hydrogen-bond acceptors (Lipinski definition) is 3. The molecule has 2 amide bonds. The Morgan fingerprint density at radius 3 is 2.24 bits per heavy atom. The van der Waals surface area contributed by atoms with Gasteiger partial charge in [0.05, 0.1) is 13.1 Å². The fourth-order valence-electron chi connectivity index (χ4n) is 4.21. The van der Waals surface area contributed by atoms with Crippen LogP contribution < -0.4 is 21.7 Å². The minimum atomic E-state index is -0.570. The normalized spacial score (nSPS) is 14.8. The van der Waals surface area contributed by atoms with E-state index in [1.807, 2.05) is 12.1 Å². The summed E-state index contributed by atoms with van der Waals surface area (Å²) in [6.45, 7) is 4.01. The highest BCUT2D eigenvalue weighted by Crippen LogP contribution is 2.40. The number of nitrogens with zero attached hydrogens (tertiary/aromatic N) is 1. The minimum absolute atomic E-state index is 0. The third kappa shape index (κ3) is 7.73. The van der Waals surface area contributed by atoms with Gasteiger partial charge in [0.15, 0.2) is 5.96 Å². The van der Waals surface area contributed by atoms with Crippen molar-refractivity contribution in [3.05, 3.63) is 71.3 Å². The van der Waals surface area contributed by atoms with E-state index in [1.54, 1.807) is 12.1 Å². The van der Waals surface area contributed by atoms with Gasteiger partial charge in [0.1, 0.15) is 0 Å². The van der Waals surface area contributed by atoms with Gasteiger partial charge < -0.3 is 21.7 Å². The topological polar surface area (TPSA) is 109 Å². The van der Waals surface area contributed by atoms with Crippen LogP contribution in [0.5, 0.6) is 0 Å². The van der Waals surface area contributed by atoms with E-state index in [4.69, 9.17) is 10.7 Å². The van der Waals surface area contributed by atoms with Crippen molar-refractivity contribution in [2.24, 2.45) is 10.7 Å². The monoisotopic (exact) mass is 563 g/mol. The number of halogens is 1. The van der Waals surface area contributed by atoms with Gasteiger partial charge in [0, 0.05) is 24.1 Å². The van der Waals surface area contributed by atoms with Gasteiger partial charge in [0.25, 0.3) is 5.91 Å². The van der Waals surface area contributed by atoms with Gasteiger partial charge >= 0.3 is 0 Å². The summed E-state index contributed by atoms with van der Waals surface area (Å²) in [5, 5.41) is 9.38. The van der Waals surface area contributed by atoms with Crippen molar-refractivity contribution >= 4 is 41.8 Å². The highest BCUT2D eigenvalue weighted by molar-refractivity contribution is 14.0. The van der Waals surface area contributed by atoms with Crippen LogP contribution in [-0.2, 0) is 16.8 Å². The number of carbonyl (C=O) groups is 2. The Kier molecular flexibility index (Phi) is 10.6. The van der Waals surface area contributed by atoms with Gasteiger partial charge in [0.2, 0.25) is 5.91 Å². The van der Waals surface area contributed by atoms with Crippen LogP contribution in [-0.4, -0.2) is 37.4 Å². The van der Waals surface area contributed by atoms with Gasteiger partial charge in [-0.1, -0.05) is 55.3 Å². The molecule has 0 unspecified atom stereocenters. The first kappa shape index (κ1) is 26.6. The van der Waals surface area contributed by atoms with E-state index in [9.17, 15) is 9.59 Å². The number of hydrogen-bond donors (Lipinski definition) is 4. The van der Waals surface area contributed by atoms with Crippen LogP contribution in [0.1, 0.15) is 54.1 Å². The first-order chi connectivity index (χ1) is 15.5. The molecule has 0 atom stereocenters. The van der Waals surface area contributed by atoms with Crippen LogP contribution in [0.4, 0.5) is 0 Å². The van der Waals surface area contributed by atoms with Gasteiger partial charge in [-0.2, -0.15) is 0 Å². The van der Waals surface area contributed by atoms with Gasteiger partial charge in [-0.25, -0.2) is 4.99 Å². The molecule has 7 nitrogen and oxygen atoms in total. The Morgan fingerprint density at radius 1 is 0.970 bits per heavy atom. The van der Waals surface area contributed by atoms with Gasteiger partial charge in [-0.05, 0) is 43.0 Å². The zero-order valence-electron chi connectivity index (χ0n) is 19.1. The number of guanidine groups is 1. The Morgan fingerprint density at radius 2 is 1.64 bits per heavy atom. The van der Waals surface area contributed by atoms with Crippen molar-refractivity contribution in [2.75, 3.05) is 19.6 Å². The summed E-state index contributed by atoms with van der Waals surface area (Å²) >= 11 is 0. The Balaban J connectivity index is 0.00000385. The molecule has 178 valence electrons. The molecule has 0 heterocycles. The quantitative estimate of drug-likeness (QED) is 0.214. The molecule has 2 aromatic carbocycles. The lowest BCUT2D eigenvalue weighted by molar-refractivity contribution is -0.117. The first-order valence-corrected chi connectivity index (χ1v) is 11.3. The number of nitrogens with one attached hydrogen (secondary N) is 3. The number of amides is 2. The van der Waals surface area contributed by atoms with E-state index in [1.165, 1.54) is 31.2 Å². The van der Waals surface area contributed by atoms with Crippen molar-refractivity contribution in [2.45, 2.75) is 44.6 Å². The summed E-state index contributed by atoms with van der Waals surface area (Å²) in [7, 11) is 0. The molecular weight excluding hydrogens is 529 g/mol. The molecule has 2 aromatic rings. The SMILES string of the molecule is CCNC(=NCc1ccc(C(=O)NCC(N)=O)cc1)NCC1(c2ccccc2)CCCC1.I. The number of benzene rings is 2. The summed E-state index contributed by atoms with van der Waals surface area (Å²) < 4.78 is 0. The summed E-state index contributed by atoms with van der Waals surface area (Å²) in [5.74, 6) is -0.103. The van der Waals surface area contributed by atoms with E-state index in [2.05, 4.69) is 53.2 Å². The largest absolute Gasteiger partial charge is 0.368 e. The Bertz CT molecular complexity index is 926. The fraction of sp³-hybridized carbons (Fsp3) is 0.400. The van der Waals surface area contributed by atoms with Crippen molar-refractivity contribution < 1.29 is 9.59 Å². The molecule has 3 rings (SSSR count). The number of carbonyl (C=O) groups excluding carboxylic acids is 2. The second-order valence-electron chi connectivity index (χ2n) is 8.25. The molecule has 33 heavy (non-hydrogen) atoms. The predicted octanol–water partition coefficient (Wildman–Crippen LogP) is 3.09. The number of aliphatic imine (C=N–C) groups is 1. The average molecular weight is 563 g/mol. The summed E-state index contributed by atoms with van der Waals surface area (Å²) in [6.07, 6.45) is 4.87. The lowest BCUT2D eigenvalue weighted by Gasteiger charge is -2.30. The third-order valence-electron chi connectivity index (χ3n) is 5.94. The molecular formula is C25H34IN5O2. The first-order valence-electron chi connectivity index (χ1n) is 11.3. The molecule has 1 aliphatic carbocycles. The van der Waals surface area contributed by atoms with Gasteiger partial charge in [-0.15, -0.1) is 24.0 Å². The lowest BCUT2D eigenvalue weighted by Crippen LogP contribution is -2.44. The summed E-state index contributed by atoms with van der Waals surface area (Å²) in [6, 6.07) is 18.0. The molecule has 0 aliphatic heterocycles. The zero-order chi connectivity index (χ0) is 22.8. The molecule has 0 spiro atoms. The smallest absolute Gasteiger partial charge is 0.251 e. The number of nitrogens with two attached hydrogens (primary N) is 1. The number of rotatable bonds is 9. The molecule has 0 aromatic heterocycles. The number of primary amides is 1. The second kappa shape index (κ2) is 13.2. The second-order valence-corrected chi connectivity index (χ2v) is 8.25. The summed E-state index contributed by atoms with van der Waals surface area (Å²) in [5.41, 5.74) is 8.08.